The Hall–Kier alpha value is -2.47. The molecule has 6 heteroatoms. The largest absolute Gasteiger partial charge is 0.478 e. The van der Waals surface area contributed by atoms with Gasteiger partial charge in [0.05, 0.1) is 11.4 Å². The molecule has 0 bridgehead atoms. The molecule has 0 atom stereocenters. The van der Waals surface area contributed by atoms with Crippen molar-refractivity contribution in [3.8, 4) is 16.9 Å². The van der Waals surface area contributed by atoms with E-state index in [0.29, 0.717) is 29.1 Å². The first kappa shape index (κ1) is 16.4. The SMILES string of the molecule is CCc1c(C(=O)O)c(-c2ccc(Br)cc2)nn1-c1ccc(F)cc1. The summed E-state index contributed by atoms with van der Waals surface area (Å²) in [6, 6.07) is 13.1. The molecular formula is C18H14BrFN2O2. The molecule has 4 nitrogen and oxygen atoms in total. The first-order valence-corrected chi connectivity index (χ1v) is 8.17. The number of hydrogen-bond acceptors (Lipinski definition) is 2. The third-order valence-corrected chi connectivity index (χ3v) is 4.25. The number of carboxylic acid groups (broad SMARTS) is 1. The molecule has 24 heavy (non-hydrogen) atoms. The van der Waals surface area contributed by atoms with Crippen molar-refractivity contribution < 1.29 is 14.3 Å². The first-order chi connectivity index (χ1) is 11.5. The van der Waals surface area contributed by atoms with E-state index in [-0.39, 0.29) is 11.4 Å². The van der Waals surface area contributed by atoms with Gasteiger partial charge in [-0.1, -0.05) is 35.0 Å². The van der Waals surface area contributed by atoms with Gasteiger partial charge in [0.2, 0.25) is 0 Å². The molecule has 0 fully saturated rings. The number of aromatic nitrogens is 2. The third kappa shape index (κ3) is 2.97. The van der Waals surface area contributed by atoms with E-state index in [1.165, 1.54) is 12.1 Å². The first-order valence-electron chi connectivity index (χ1n) is 7.38. The Kier molecular flexibility index (Phi) is 4.49. The van der Waals surface area contributed by atoms with Gasteiger partial charge in [-0.15, -0.1) is 0 Å². The summed E-state index contributed by atoms with van der Waals surface area (Å²) in [6.45, 7) is 1.87. The lowest BCUT2D eigenvalue weighted by Crippen LogP contribution is -2.05. The summed E-state index contributed by atoms with van der Waals surface area (Å²) in [5.41, 5.74) is 2.48. The number of benzene rings is 2. The zero-order valence-electron chi connectivity index (χ0n) is 12.8. The van der Waals surface area contributed by atoms with E-state index in [2.05, 4.69) is 21.0 Å². The summed E-state index contributed by atoms with van der Waals surface area (Å²) in [4.78, 5) is 11.8. The number of hydrogen-bond donors (Lipinski definition) is 1. The van der Waals surface area contributed by atoms with Crippen LogP contribution in [0.5, 0.6) is 0 Å². The van der Waals surface area contributed by atoms with Gasteiger partial charge in [-0.2, -0.15) is 5.10 Å². The quantitative estimate of drug-likeness (QED) is 0.704. The summed E-state index contributed by atoms with van der Waals surface area (Å²) >= 11 is 3.36. The second-order valence-electron chi connectivity index (χ2n) is 5.22. The van der Waals surface area contributed by atoms with Crippen molar-refractivity contribution >= 4 is 21.9 Å². The lowest BCUT2D eigenvalue weighted by atomic mass is 10.0. The van der Waals surface area contributed by atoms with Crippen LogP contribution in [0.3, 0.4) is 0 Å². The molecule has 0 radical (unpaired) electrons. The molecule has 0 saturated carbocycles. The van der Waals surface area contributed by atoms with Gasteiger partial charge in [0, 0.05) is 10.0 Å². The van der Waals surface area contributed by atoms with E-state index < -0.39 is 5.97 Å². The van der Waals surface area contributed by atoms with Gasteiger partial charge in [0.25, 0.3) is 0 Å². The summed E-state index contributed by atoms with van der Waals surface area (Å²) in [5, 5.41) is 14.2. The van der Waals surface area contributed by atoms with Crippen molar-refractivity contribution in [3.05, 3.63) is 70.1 Å². The molecule has 1 N–H and O–H groups in total. The van der Waals surface area contributed by atoms with Crippen LogP contribution in [0.25, 0.3) is 16.9 Å². The number of carboxylic acids is 1. The zero-order chi connectivity index (χ0) is 17.3. The minimum Gasteiger partial charge on any atom is -0.478 e. The Morgan fingerprint density at radius 2 is 1.79 bits per heavy atom. The topological polar surface area (TPSA) is 55.1 Å². The van der Waals surface area contributed by atoms with Gasteiger partial charge in [-0.25, -0.2) is 13.9 Å². The lowest BCUT2D eigenvalue weighted by Gasteiger charge is -2.06. The highest BCUT2D eigenvalue weighted by Crippen LogP contribution is 2.29. The predicted molar refractivity (Wildman–Crippen MR) is 93.0 cm³/mol. The number of aromatic carboxylic acids is 1. The van der Waals surface area contributed by atoms with E-state index in [0.717, 1.165) is 4.47 Å². The van der Waals surface area contributed by atoms with Crippen molar-refractivity contribution in [2.24, 2.45) is 0 Å². The van der Waals surface area contributed by atoms with Gasteiger partial charge in [-0.3, -0.25) is 0 Å². The van der Waals surface area contributed by atoms with Crippen molar-refractivity contribution in [2.45, 2.75) is 13.3 Å². The molecule has 0 amide bonds. The maximum atomic E-state index is 13.2. The van der Waals surface area contributed by atoms with Gasteiger partial charge < -0.3 is 5.11 Å². The van der Waals surface area contributed by atoms with E-state index in [4.69, 9.17) is 0 Å². The highest BCUT2D eigenvalue weighted by molar-refractivity contribution is 9.10. The van der Waals surface area contributed by atoms with Gasteiger partial charge in [-0.05, 0) is 42.8 Å². The number of nitrogens with zero attached hydrogens (tertiary/aromatic N) is 2. The monoisotopic (exact) mass is 388 g/mol. The average molecular weight is 389 g/mol. The summed E-state index contributed by atoms with van der Waals surface area (Å²) in [6.07, 6.45) is 0.489. The van der Waals surface area contributed by atoms with Crippen LogP contribution >= 0.6 is 15.9 Å². The average Bonchev–Trinajstić information content (AvgIpc) is 2.96. The molecule has 2 aromatic carbocycles. The van der Waals surface area contributed by atoms with Crippen LogP contribution in [-0.2, 0) is 6.42 Å². The summed E-state index contributed by atoms with van der Waals surface area (Å²) in [7, 11) is 0. The third-order valence-electron chi connectivity index (χ3n) is 3.72. The second kappa shape index (κ2) is 6.57. The molecule has 0 aliphatic rings. The Labute approximate surface area is 146 Å². The molecule has 122 valence electrons. The fraction of sp³-hybridized carbons (Fsp3) is 0.111. The molecule has 0 aliphatic carbocycles. The van der Waals surface area contributed by atoms with Gasteiger partial charge >= 0.3 is 5.97 Å². The van der Waals surface area contributed by atoms with Crippen molar-refractivity contribution in [2.75, 3.05) is 0 Å². The molecule has 1 heterocycles. The van der Waals surface area contributed by atoms with Crippen LogP contribution in [0, 0.1) is 5.82 Å². The molecule has 0 spiro atoms. The number of rotatable bonds is 4. The minimum absolute atomic E-state index is 0.171. The molecule has 3 rings (SSSR count). The van der Waals surface area contributed by atoms with Gasteiger partial charge in [0.1, 0.15) is 17.1 Å². The number of carbonyl (C=O) groups is 1. The van der Waals surface area contributed by atoms with Crippen LogP contribution in [0.1, 0.15) is 23.0 Å². The molecule has 1 aromatic heterocycles. The van der Waals surface area contributed by atoms with E-state index in [1.807, 2.05) is 31.2 Å². The van der Waals surface area contributed by atoms with Crippen LogP contribution in [-0.4, -0.2) is 20.9 Å². The fourth-order valence-corrected chi connectivity index (χ4v) is 2.87. The summed E-state index contributed by atoms with van der Waals surface area (Å²) in [5.74, 6) is -1.38. The Morgan fingerprint density at radius 3 is 2.33 bits per heavy atom. The molecule has 0 aliphatic heterocycles. The standard InChI is InChI=1S/C18H14BrFN2O2/c1-2-15-16(18(23)24)17(11-3-5-12(19)6-4-11)21-22(15)14-9-7-13(20)8-10-14/h3-10H,2H2,1H3,(H,23,24). The van der Waals surface area contributed by atoms with Crippen LogP contribution in [0.15, 0.2) is 53.0 Å². The molecule has 3 aromatic rings. The van der Waals surface area contributed by atoms with E-state index in [1.54, 1.807) is 16.8 Å². The Morgan fingerprint density at radius 1 is 1.17 bits per heavy atom. The summed E-state index contributed by atoms with van der Waals surface area (Å²) < 4.78 is 15.6. The Bertz CT molecular complexity index is 887. The van der Waals surface area contributed by atoms with Gasteiger partial charge in [0.15, 0.2) is 0 Å². The molecular weight excluding hydrogens is 375 g/mol. The van der Waals surface area contributed by atoms with E-state index in [9.17, 15) is 14.3 Å². The number of halogens is 2. The van der Waals surface area contributed by atoms with Crippen molar-refractivity contribution in [1.82, 2.24) is 9.78 Å². The van der Waals surface area contributed by atoms with Crippen LogP contribution < -0.4 is 0 Å². The fourth-order valence-electron chi connectivity index (χ4n) is 2.61. The maximum Gasteiger partial charge on any atom is 0.339 e. The van der Waals surface area contributed by atoms with Crippen LogP contribution in [0.4, 0.5) is 4.39 Å². The smallest absolute Gasteiger partial charge is 0.339 e. The van der Waals surface area contributed by atoms with E-state index >= 15 is 0 Å². The van der Waals surface area contributed by atoms with Crippen molar-refractivity contribution in [1.29, 1.82) is 0 Å². The lowest BCUT2D eigenvalue weighted by molar-refractivity contribution is 0.0696. The van der Waals surface area contributed by atoms with Crippen LogP contribution in [0.2, 0.25) is 0 Å². The Balaban J connectivity index is 2.24. The maximum absolute atomic E-state index is 13.2. The zero-order valence-corrected chi connectivity index (χ0v) is 14.4. The molecule has 0 unspecified atom stereocenters. The second-order valence-corrected chi connectivity index (χ2v) is 6.14. The minimum atomic E-state index is -1.03. The predicted octanol–water partition coefficient (Wildman–Crippen LogP) is 4.70. The van der Waals surface area contributed by atoms with Crippen molar-refractivity contribution in [3.63, 3.8) is 0 Å². The normalized spacial score (nSPS) is 10.8. The highest BCUT2D eigenvalue weighted by atomic mass is 79.9. The molecule has 0 saturated heterocycles. The highest BCUT2D eigenvalue weighted by Gasteiger charge is 2.24.